The second-order valence-corrected chi connectivity index (χ2v) is 3.81. The van der Waals surface area contributed by atoms with Crippen LogP contribution in [0.1, 0.15) is 18.4 Å². The maximum absolute atomic E-state index is 11.0. The Morgan fingerprint density at radius 1 is 1.21 bits per heavy atom. The van der Waals surface area contributed by atoms with Crippen molar-refractivity contribution in [1.82, 2.24) is 0 Å². The maximum Gasteiger partial charge on any atom is 0.155 e. The molecular formula is C13H14O. The quantitative estimate of drug-likeness (QED) is 0.694. The van der Waals surface area contributed by atoms with Crippen LogP contribution in [-0.2, 0) is 11.2 Å². The van der Waals surface area contributed by atoms with Crippen molar-refractivity contribution < 1.29 is 4.79 Å². The number of benzene rings is 1. The number of hydrogen-bond acceptors (Lipinski definition) is 1. The van der Waals surface area contributed by atoms with E-state index < -0.39 is 0 Å². The Morgan fingerprint density at radius 2 is 2.00 bits per heavy atom. The third kappa shape index (κ3) is 2.32. The third-order valence-corrected chi connectivity index (χ3v) is 2.66. The van der Waals surface area contributed by atoms with Crippen LogP contribution in [0.25, 0.3) is 0 Å². The van der Waals surface area contributed by atoms with Crippen molar-refractivity contribution in [2.45, 2.75) is 19.3 Å². The largest absolute Gasteiger partial charge is 0.295 e. The van der Waals surface area contributed by atoms with Crippen LogP contribution in [0.4, 0.5) is 0 Å². The average molecular weight is 186 g/mol. The van der Waals surface area contributed by atoms with Crippen LogP contribution in [0.3, 0.4) is 0 Å². The van der Waals surface area contributed by atoms with Gasteiger partial charge in [-0.3, -0.25) is 4.79 Å². The fourth-order valence-corrected chi connectivity index (χ4v) is 1.84. The second-order valence-electron chi connectivity index (χ2n) is 3.81. The molecule has 0 saturated carbocycles. The highest BCUT2D eigenvalue weighted by molar-refractivity contribution is 5.90. The van der Waals surface area contributed by atoms with Crippen LogP contribution >= 0.6 is 0 Å². The molecule has 1 aromatic carbocycles. The molecule has 0 saturated heterocycles. The van der Waals surface area contributed by atoms with Gasteiger partial charge < -0.3 is 0 Å². The fourth-order valence-electron chi connectivity index (χ4n) is 1.84. The lowest BCUT2D eigenvalue weighted by Gasteiger charge is -2.15. The molecule has 0 aromatic heterocycles. The average Bonchev–Trinajstić information content (AvgIpc) is 2.23. The smallest absolute Gasteiger partial charge is 0.155 e. The minimum absolute atomic E-state index is 0.273. The summed E-state index contributed by atoms with van der Waals surface area (Å²) in [7, 11) is 0. The summed E-state index contributed by atoms with van der Waals surface area (Å²) >= 11 is 0. The topological polar surface area (TPSA) is 17.1 Å². The highest BCUT2D eigenvalue weighted by Gasteiger charge is 2.12. The molecule has 0 radical (unpaired) electrons. The van der Waals surface area contributed by atoms with Crippen LogP contribution in [0.2, 0.25) is 0 Å². The van der Waals surface area contributed by atoms with Crippen molar-refractivity contribution in [1.29, 1.82) is 0 Å². The van der Waals surface area contributed by atoms with Crippen molar-refractivity contribution >= 4 is 5.78 Å². The molecule has 1 aromatic rings. The van der Waals surface area contributed by atoms with E-state index in [2.05, 4.69) is 30.3 Å². The van der Waals surface area contributed by atoms with Crippen LogP contribution < -0.4 is 0 Å². The molecule has 14 heavy (non-hydrogen) atoms. The summed E-state index contributed by atoms with van der Waals surface area (Å²) in [5, 5.41) is 0. The lowest BCUT2D eigenvalue weighted by atomic mass is 9.90. The van der Waals surface area contributed by atoms with Gasteiger partial charge in [-0.1, -0.05) is 36.4 Å². The van der Waals surface area contributed by atoms with Crippen molar-refractivity contribution in [3.8, 4) is 0 Å². The van der Waals surface area contributed by atoms with Gasteiger partial charge in [0.05, 0.1) is 0 Å². The van der Waals surface area contributed by atoms with E-state index in [1.165, 1.54) is 5.56 Å². The second kappa shape index (κ2) is 4.23. The molecule has 1 aliphatic carbocycles. The van der Waals surface area contributed by atoms with Crippen molar-refractivity contribution in [3.63, 3.8) is 0 Å². The molecule has 2 rings (SSSR count). The first-order valence-electron chi connectivity index (χ1n) is 5.09. The third-order valence-electron chi connectivity index (χ3n) is 2.66. The first kappa shape index (κ1) is 9.20. The van der Waals surface area contributed by atoms with Gasteiger partial charge in [0, 0.05) is 6.42 Å². The van der Waals surface area contributed by atoms with Crippen LogP contribution in [0.5, 0.6) is 0 Å². The molecular weight excluding hydrogens is 172 g/mol. The Morgan fingerprint density at radius 3 is 2.64 bits per heavy atom. The summed E-state index contributed by atoms with van der Waals surface area (Å²) in [4.78, 5) is 11.0. The highest BCUT2D eigenvalue weighted by atomic mass is 16.1. The maximum atomic E-state index is 11.0. The number of hydrogen-bond donors (Lipinski definition) is 0. The SMILES string of the molecule is O=C1C=C[C@@H](Cc2ccccc2)CC1. The monoisotopic (exact) mass is 186 g/mol. The zero-order valence-electron chi connectivity index (χ0n) is 8.15. The zero-order valence-corrected chi connectivity index (χ0v) is 8.15. The van der Waals surface area contributed by atoms with E-state index in [-0.39, 0.29) is 5.78 Å². The molecule has 0 spiro atoms. The van der Waals surface area contributed by atoms with Gasteiger partial charge in [-0.15, -0.1) is 0 Å². The number of carbonyl (C=O) groups excluding carboxylic acids is 1. The number of allylic oxidation sites excluding steroid dienone is 2. The molecule has 0 N–H and O–H groups in total. The van der Waals surface area contributed by atoms with Gasteiger partial charge in [-0.2, -0.15) is 0 Å². The lowest BCUT2D eigenvalue weighted by Crippen LogP contribution is -2.09. The van der Waals surface area contributed by atoms with Gasteiger partial charge in [0.15, 0.2) is 5.78 Å². The Labute approximate surface area is 84.5 Å². The summed E-state index contributed by atoms with van der Waals surface area (Å²) in [5.74, 6) is 0.824. The molecule has 1 nitrogen and oxygen atoms in total. The van der Waals surface area contributed by atoms with Crippen molar-refractivity contribution in [3.05, 3.63) is 48.0 Å². The van der Waals surface area contributed by atoms with Crippen LogP contribution in [0.15, 0.2) is 42.5 Å². The molecule has 0 amide bonds. The number of carbonyl (C=O) groups is 1. The van der Waals surface area contributed by atoms with Gasteiger partial charge in [0.25, 0.3) is 0 Å². The van der Waals surface area contributed by atoms with E-state index in [0.717, 1.165) is 12.8 Å². The molecule has 0 bridgehead atoms. The first-order chi connectivity index (χ1) is 6.84. The highest BCUT2D eigenvalue weighted by Crippen LogP contribution is 2.19. The van der Waals surface area contributed by atoms with Gasteiger partial charge >= 0.3 is 0 Å². The van der Waals surface area contributed by atoms with E-state index in [9.17, 15) is 4.79 Å². The van der Waals surface area contributed by atoms with E-state index in [4.69, 9.17) is 0 Å². The predicted octanol–water partition coefficient (Wildman–Crippen LogP) is 2.76. The Hall–Kier alpha value is -1.37. The lowest BCUT2D eigenvalue weighted by molar-refractivity contribution is -0.115. The zero-order chi connectivity index (χ0) is 9.80. The summed E-state index contributed by atoms with van der Waals surface area (Å²) < 4.78 is 0. The summed E-state index contributed by atoms with van der Waals surface area (Å²) in [6.45, 7) is 0. The van der Waals surface area contributed by atoms with Gasteiger partial charge in [0.2, 0.25) is 0 Å². The molecule has 0 aliphatic heterocycles. The fraction of sp³-hybridized carbons (Fsp3) is 0.308. The Bertz CT molecular complexity index is 338. The van der Waals surface area contributed by atoms with Crippen LogP contribution in [-0.4, -0.2) is 5.78 Å². The van der Waals surface area contributed by atoms with E-state index >= 15 is 0 Å². The molecule has 1 atom stereocenters. The molecule has 0 fully saturated rings. The molecule has 72 valence electrons. The molecule has 0 unspecified atom stereocenters. The summed E-state index contributed by atoms with van der Waals surface area (Å²) in [6, 6.07) is 10.4. The number of rotatable bonds is 2. The van der Waals surface area contributed by atoms with Crippen molar-refractivity contribution in [2.24, 2.45) is 5.92 Å². The summed E-state index contributed by atoms with van der Waals surface area (Å²) in [5.41, 5.74) is 1.36. The Kier molecular flexibility index (Phi) is 2.78. The van der Waals surface area contributed by atoms with Crippen LogP contribution in [0, 0.1) is 5.92 Å². The van der Waals surface area contributed by atoms with Gasteiger partial charge in [-0.05, 0) is 30.4 Å². The molecule has 0 heterocycles. The minimum Gasteiger partial charge on any atom is -0.295 e. The van der Waals surface area contributed by atoms with Crippen molar-refractivity contribution in [2.75, 3.05) is 0 Å². The van der Waals surface area contributed by atoms with E-state index in [0.29, 0.717) is 12.3 Å². The summed E-state index contributed by atoms with van der Waals surface area (Å²) in [6.07, 6.45) is 6.57. The number of ketones is 1. The first-order valence-corrected chi connectivity index (χ1v) is 5.09. The minimum atomic E-state index is 0.273. The molecule has 1 heteroatoms. The standard InChI is InChI=1S/C13H14O/c14-13-8-6-12(7-9-13)10-11-4-2-1-3-5-11/h1-6,8,12H,7,9-10H2/t12-/m1/s1. The Balaban J connectivity index is 1.99. The van der Waals surface area contributed by atoms with E-state index in [1.54, 1.807) is 6.08 Å². The van der Waals surface area contributed by atoms with E-state index in [1.807, 2.05) is 6.07 Å². The van der Waals surface area contributed by atoms with Gasteiger partial charge in [0.1, 0.15) is 0 Å². The predicted molar refractivity (Wildman–Crippen MR) is 57.0 cm³/mol. The normalized spacial score (nSPS) is 21.1. The van der Waals surface area contributed by atoms with Gasteiger partial charge in [-0.25, -0.2) is 0 Å². The molecule has 1 aliphatic rings.